The van der Waals surface area contributed by atoms with Crippen molar-refractivity contribution < 1.29 is 24.5 Å². The highest BCUT2D eigenvalue weighted by Crippen LogP contribution is 2.34. The van der Waals surface area contributed by atoms with E-state index in [4.69, 9.17) is 9.47 Å². The second kappa shape index (κ2) is 8.22. The highest BCUT2D eigenvalue weighted by Gasteiger charge is 2.45. The van der Waals surface area contributed by atoms with Gasteiger partial charge in [0.05, 0.1) is 11.7 Å². The molecule has 0 radical (unpaired) electrons. The zero-order chi connectivity index (χ0) is 18.7. The van der Waals surface area contributed by atoms with E-state index in [2.05, 4.69) is 0 Å². The number of esters is 1. The van der Waals surface area contributed by atoms with Gasteiger partial charge in [-0.15, -0.1) is 0 Å². The molecule has 0 unspecified atom stereocenters. The molecular formula is C20H22O5S. The summed E-state index contributed by atoms with van der Waals surface area (Å²) in [4.78, 5) is 13.2. The molecule has 5 atom stereocenters. The van der Waals surface area contributed by atoms with E-state index < -0.39 is 35.8 Å². The predicted octanol–water partition coefficient (Wildman–Crippen LogP) is 2.78. The van der Waals surface area contributed by atoms with Gasteiger partial charge >= 0.3 is 5.97 Å². The molecule has 1 heterocycles. The van der Waals surface area contributed by atoms with Gasteiger partial charge in [-0.05, 0) is 38.1 Å². The van der Waals surface area contributed by atoms with Gasteiger partial charge in [0.25, 0.3) is 0 Å². The molecule has 2 aromatic rings. The number of aliphatic hydroxyl groups is 2. The molecule has 0 aromatic heterocycles. The highest BCUT2D eigenvalue weighted by atomic mass is 32.2. The van der Waals surface area contributed by atoms with E-state index in [0.29, 0.717) is 5.56 Å². The van der Waals surface area contributed by atoms with Crippen molar-refractivity contribution in [2.45, 2.75) is 48.6 Å². The fourth-order valence-corrected chi connectivity index (χ4v) is 3.88. The smallest absolute Gasteiger partial charge is 0.338 e. The van der Waals surface area contributed by atoms with Gasteiger partial charge in [0.15, 0.2) is 6.10 Å². The molecule has 26 heavy (non-hydrogen) atoms. The van der Waals surface area contributed by atoms with Gasteiger partial charge in [-0.1, -0.05) is 47.7 Å². The van der Waals surface area contributed by atoms with Crippen molar-refractivity contribution in [2.75, 3.05) is 0 Å². The van der Waals surface area contributed by atoms with Crippen LogP contribution in [0, 0.1) is 6.92 Å². The van der Waals surface area contributed by atoms with Crippen LogP contribution in [0.3, 0.4) is 0 Å². The molecule has 0 saturated carbocycles. The third kappa shape index (κ3) is 4.27. The molecule has 138 valence electrons. The van der Waals surface area contributed by atoms with E-state index in [1.807, 2.05) is 31.2 Å². The topological polar surface area (TPSA) is 76.0 Å². The van der Waals surface area contributed by atoms with Gasteiger partial charge in [0, 0.05) is 4.90 Å². The van der Waals surface area contributed by atoms with Crippen molar-refractivity contribution in [3.8, 4) is 0 Å². The summed E-state index contributed by atoms with van der Waals surface area (Å²) in [7, 11) is 0. The van der Waals surface area contributed by atoms with E-state index in [0.717, 1.165) is 10.5 Å². The maximum atomic E-state index is 12.2. The van der Waals surface area contributed by atoms with Crippen LogP contribution in [0.25, 0.3) is 0 Å². The summed E-state index contributed by atoms with van der Waals surface area (Å²) in [5, 5.41) is 20.9. The number of carbonyl (C=O) groups is 1. The van der Waals surface area contributed by atoms with Gasteiger partial charge in [0.1, 0.15) is 17.6 Å². The van der Waals surface area contributed by atoms with Gasteiger partial charge in [-0.2, -0.15) is 0 Å². The zero-order valence-electron chi connectivity index (χ0n) is 14.6. The highest BCUT2D eigenvalue weighted by molar-refractivity contribution is 7.99. The van der Waals surface area contributed by atoms with Crippen LogP contribution < -0.4 is 0 Å². The molecule has 1 saturated heterocycles. The summed E-state index contributed by atoms with van der Waals surface area (Å²) < 4.78 is 11.2. The van der Waals surface area contributed by atoms with Crippen LogP contribution in [0.15, 0.2) is 59.5 Å². The largest absolute Gasteiger partial charge is 0.453 e. The van der Waals surface area contributed by atoms with Crippen LogP contribution in [0.5, 0.6) is 0 Å². The van der Waals surface area contributed by atoms with Crippen LogP contribution in [0.4, 0.5) is 0 Å². The van der Waals surface area contributed by atoms with Gasteiger partial charge < -0.3 is 19.7 Å². The van der Waals surface area contributed by atoms with E-state index in [1.54, 1.807) is 37.3 Å². The van der Waals surface area contributed by atoms with Crippen molar-refractivity contribution in [1.82, 2.24) is 0 Å². The van der Waals surface area contributed by atoms with E-state index >= 15 is 0 Å². The lowest BCUT2D eigenvalue weighted by Crippen LogP contribution is -2.57. The molecular weight excluding hydrogens is 352 g/mol. The maximum absolute atomic E-state index is 12.2. The minimum absolute atomic E-state index is 0.387. The first-order valence-electron chi connectivity index (χ1n) is 8.46. The second-order valence-electron chi connectivity index (χ2n) is 6.36. The average Bonchev–Trinajstić information content (AvgIpc) is 2.65. The molecule has 6 heteroatoms. The Bertz CT molecular complexity index is 734. The summed E-state index contributed by atoms with van der Waals surface area (Å²) in [5.74, 6) is -0.554. The van der Waals surface area contributed by atoms with Crippen LogP contribution in [-0.4, -0.2) is 46.0 Å². The number of aryl methyl sites for hydroxylation is 1. The fourth-order valence-electron chi connectivity index (χ4n) is 2.78. The first-order valence-corrected chi connectivity index (χ1v) is 9.34. The Morgan fingerprint density at radius 3 is 2.35 bits per heavy atom. The van der Waals surface area contributed by atoms with Gasteiger partial charge in [0.2, 0.25) is 0 Å². The SMILES string of the molecule is Cc1ccc(S[C@H]2O[C@@H](C)[C@@H](OC(=O)c3ccccc3)[C@@H](O)[C@@H]2O)cc1. The zero-order valence-corrected chi connectivity index (χ0v) is 15.4. The quantitative estimate of drug-likeness (QED) is 0.802. The maximum Gasteiger partial charge on any atom is 0.338 e. The minimum Gasteiger partial charge on any atom is -0.453 e. The molecule has 1 aliphatic rings. The molecule has 0 aliphatic carbocycles. The van der Waals surface area contributed by atoms with Crippen molar-refractivity contribution >= 4 is 17.7 Å². The fraction of sp³-hybridized carbons (Fsp3) is 0.350. The number of hydrogen-bond acceptors (Lipinski definition) is 6. The Labute approximate surface area is 157 Å². The van der Waals surface area contributed by atoms with Crippen LogP contribution in [0.1, 0.15) is 22.8 Å². The van der Waals surface area contributed by atoms with Crippen molar-refractivity contribution in [3.63, 3.8) is 0 Å². The van der Waals surface area contributed by atoms with Crippen LogP contribution >= 0.6 is 11.8 Å². The molecule has 0 spiro atoms. The van der Waals surface area contributed by atoms with Gasteiger partial charge in [-0.25, -0.2) is 4.79 Å². The third-order valence-corrected chi connectivity index (χ3v) is 5.47. The minimum atomic E-state index is -1.23. The van der Waals surface area contributed by atoms with Crippen molar-refractivity contribution in [3.05, 3.63) is 65.7 Å². The number of ether oxygens (including phenoxy) is 2. The third-order valence-electron chi connectivity index (χ3n) is 4.30. The number of aliphatic hydroxyl groups excluding tert-OH is 2. The lowest BCUT2D eigenvalue weighted by Gasteiger charge is -2.40. The standard InChI is InChI=1S/C20H22O5S/c1-12-8-10-15(11-9-12)26-20-17(22)16(21)18(13(2)24-20)25-19(23)14-6-4-3-5-7-14/h3-11,13,16-18,20-22H,1-2H3/t13-,16-,17-,18+,20+/m0/s1. The van der Waals surface area contributed by atoms with E-state index in [-0.39, 0.29) is 0 Å². The Kier molecular flexibility index (Phi) is 5.98. The Hall–Kier alpha value is -1.86. The summed E-state index contributed by atoms with van der Waals surface area (Å²) in [6.45, 7) is 3.72. The van der Waals surface area contributed by atoms with Crippen molar-refractivity contribution in [2.24, 2.45) is 0 Å². The monoisotopic (exact) mass is 374 g/mol. The first-order chi connectivity index (χ1) is 12.5. The van der Waals surface area contributed by atoms with E-state index in [1.165, 1.54) is 11.8 Å². The molecule has 0 amide bonds. The normalized spacial score (nSPS) is 28.5. The Morgan fingerprint density at radius 2 is 1.69 bits per heavy atom. The number of benzene rings is 2. The Balaban J connectivity index is 1.66. The lowest BCUT2D eigenvalue weighted by atomic mass is 10.0. The van der Waals surface area contributed by atoms with Crippen LogP contribution in [-0.2, 0) is 9.47 Å². The average molecular weight is 374 g/mol. The molecule has 0 bridgehead atoms. The number of hydrogen-bond donors (Lipinski definition) is 2. The molecule has 5 nitrogen and oxygen atoms in total. The molecule has 3 rings (SSSR count). The summed E-state index contributed by atoms with van der Waals surface area (Å²) in [5.41, 5.74) is 0.882. The number of carbonyl (C=O) groups excluding carboxylic acids is 1. The molecule has 1 fully saturated rings. The summed E-state index contributed by atoms with van der Waals surface area (Å²) >= 11 is 1.33. The van der Waals surface area contributed by atoms with Crippen molar-refractivity contribution in [1.29, 1.82) is 0 Å². The van der Waals surface area contributed by atoms with E-state index in [9.17, 15) is 15.0 Å². The summed E-state index contributed by atoms with van der Waals surface area (Å²) in [6, 6.07) is 16.4. The van der Waals surface area contributed by atoms with Crippen LogP contribution in [0.2, 0.25) is 0 Å². The molecule has 2 aromatic carbocycles. The lowest BCUT2D eigenvalue weighted by molar-refractivity contribution is -0.193. The Morgan fingerprint density at radius 1 is 1.04 bits per heavy atom. The number of rotatable bonds is 4. The first kappa shape index (κ1) is 18.9. The molecule has 1 aliphatic heterocycles. The van der Waals surface area contributed by atoms with Gasteiger partial charge in [-0.3, -0.25) is 0 Å². The second-order valence-corrected chi connectivity index (χ2v) is 7.53. The predicted molar refractivity (Wildman–Crippen MR) is 99.0 cm³/mol. The molecule has 2 N–H and O–H groups in total. The number of thioether (sulfide) groups is 1. The summed E-state index contributed by atoms with van der Waals surface area (Å²) in [6.07, 6.45) is -3.89.